The molecule has 4 rings (SSSR count). The van der Waals surface area contributed by atoms with Crippen LogP contribution in [0.15, 0.2) is 48.6 Å². The summed E-state index contributed by atoms with van der Waals surface area (Å²) in [5.41, 5.74) is 2.53. The van der Waals surface area contributed by atoms with E-state index in [1.165, 1.54) is 12.1 Å². The molecule has 4 nitrogen and oxygen atoms in total. The number of benzene rings is 2. The maximum Gasteiger partial charge on any atom is 0.288 e. The van der Waals surface area contributed by atoms with Crippen LogP contribution in [0.4, 0.5) is 15.8 Å². The number of anilines is 1. The van der Waals surface area contributed by atoms with Crippen molar-refractivity contribution in [1.82, 2.24) is 0 Å². The van der Waals surface area contributed by atoms with Crippen LogP contribution >= 0.6 is 11.6 Å². The minimum Gasteiger partial charge on any atom is -0.378 e. The number of nitrogens with zero attached hydrogens (tertiary/aromatic N) is 1. The number of nitrogens with one attached hydrogen (secondary N) is 1. The first-order chi connectivity index (χ1) is 11.5. The summed E-state index contributed by atoms with van der Waals surface area (Å²) in [5.74, 6) is 0.0481. The molecule has 0 aromatic heterocycles. The van der Waals surface area contributed by atoms with Crippen molar-refractivity contribution in [2.24, 2.45) is 5.92 Å². The molecule has 2 aromatic rings. The maximum atomic E-state index is 13.6. The van der Waals surface area contributed by atoms with Crippen molar-refractivity contribution in [2.45, 2.75) is 18.4 Å². The van der Waals surface area contributed by atoms with E-state index >= 15 is 0 Å². The molecule has 24 heavy (non-hydrogen) atoms. The molecule has 1 heterocycles. The molecule has 0 fully saturated rings. The van der Waals surface area contributed by atoms with Crippen LogP contribution in [0.3, 0.4) is 0 Å². The molecule has 0 radical (unpaired) electrons. The minimum atomic E-state index is -0.470. The van der Waals surface area contributed by atoms with Gasteiger partial charge in [-0.15, -0.1) is 0 Å². The normalized spacial score (nSPS) is 24.2. The zero-order chi connectivity index (χ0) is 16.8. The average molecular weight is 345 g/mol. The molecule has 2 aromatic carbocycles. The number of halogens is 2. The van der Waals surface area contributed by atoms with Gasteiger partial charge in [-0.05, 0) is 47.7 Å². The molecule has 0 amide bonds. The maximum absolute atomic E-state index is 13.6. The fourth-order valence-corrected chi connectivity index (χ4v) is 3.94. The lowest BCUT2D eigenvalue weighted by molar-refractivity contribution is -0.384. The van der Waals surface area contributed by atoms with Gasteiger partial charge in [-0.1, -0.05) is 29.8 Å². The van der Waals surface area contributed by atoms with Crippen LogP contribution in [0.1, 0.15) is 29.5 Å². The van der Waals surface area contributed by atoms with Crippen LogP contribution in [0.25, 0.3) is 0 Å². The molecule has 1 aliphatic heterocycles. The van der Waals surface area contributed by atoms with E-state index in [2.05, 4.69) is 17.5 Å². The first-order valence-corrected chi connectivity index (χ1v) is 8.09. The molecule has 122 valence electrons. The van der Waals surface area contributed by atoms with Crippen LogP contribution in [-0.2, 0) is 0 Å². The van der Waals surface area contributed by atoms with E-state index in [-0.39, 0.29) is 34.4 Å². The van der Waals surface area contributed by atoms with Crippen LogP contribution < -0.4 is 5.32 Å². The molecule has 0 spiro atoms. The van der Waals surface area contributed by atoms with E-state index in [4.69, 9.17) is 11.6 Å². The van der Waals surface area contributed by atoms with Crippen molar-refractivity contribution in [3.8, 4) is 0 Å². The second-order valence-corrected chi connectivity index (χ2v) is 6.58. The number of fused-ring (bicyclic) bond motifs is 3. The highest BCUT2D eigenvalue weighted by Gasteiger charge is 2.38. The van der Waals surface area contributed by atoms with Crippen molar-refractivity contribution in [1.29, 1.82) is 0 Å². The van der Waals surface area contributed by atoms with Gasteiger partial charge in [0.1, 0.15) is 10.8 Å². The van der Waals surface area contributed by atoms with Gasteiger partial charge >= 0.3 is 0 Å². The average Bonchev–Trinajstić information content (AvgIpc) is 3.04. The number of nitro groups is 1. The smallest absolute Gasteiger partial charge is 0.288 e. The second kappa shape index (κ2) is 5.60. The predicted octanol–water partition coefficient (Wildman–Crippen LogP) is 5.21. The highest BCUT2D eigenvalue weighted by Crippen LogP contribution is 2.50. The van der Waals surface area contributed by atoms with Crippen molar-refractivity contribution in [3.63, 3.8) is 0 Å². The Morgan fingerprint density at radius 2 is 2.08 bits per heavy atom. The summed E-state index contributed by atoms with van der Waals surface area (Å²) in [7, 11) is 0. The zero-order valence-electron chi connectivity index (χ0n) is 12.6. The number of hydrogen-bond donors (Lipinski definition) is 1. The van der Waals surface area contributed by atoms with E-state index in [0.29, 0.717) is 0 Å². The summed E-state index contributed by atoms with van der Waals surface area (Å²) in [4.78, 5) is 10.7. The second-order valence-electron chi connectivity index (χ2n) is 6.18. The summed E-state index contributed by atoms with van der Waals surface area (Å²) in [6.07, 6.45) is 5.03. The van der Waals surface area contributed by atoms with E-state index in [0.717, 1.165) is 23.2 Å². The van der Waals surface area contributed by atoms with Gasteiger partial charge in [0.05, 0.1) is 11.0 Å². The quantitative estimate of drug-likeness (QED) is 0.462. The molecule has 0 saturated heterocycles. The number of rotatable bonds is 2. The molecular weight excluding hydrogens is 331 g/mol. The van der Waals surface area contributed by atoms with Gasteiger partial charge in [-0.3, -0.25) is 10.1 Å². The third kappa shape index (κ3) is 2.36. The van der Waals surface area contributed by atoms with Gasteiger partial charge in [0.25, 0.3) is 5.69 Å². The molecular formula is C18H14ClFN2O2. The Bertz CT molecular complexity index is 868. The summed E-state index contributed by atoms with van der Waals surface area (Å²) in [5, 5.41) is 14.7. The van der Waals surface area contributed by atoms with E-state index in [1.54, 1.807) is 18.2 Å². The van der Waals surface area contributed by atoms with Crippen molar-refractivity contribution >= 4 is 23.0 Å². The Balaban J connectivity index is 1.79. The van der Waals surface area contributed by atoms with E-state index in [1.807, 2.05) is 6.07 Å². The Morgan fingerprint density at radius 1 is 1.25 bits per heavy atom. The predicted molar refractivity (Wildman–Crippen MR) is 90.9 cm³/mol. The Hall–Kier alpha value is -2.40. The molecule has 1 N–H and O–H groups in total. The topological polar surface area (TPSA) is 55.2 Å². The van der Waals surface area contributed by atoms with Crippen molar-refractivity contribution in [2.75, 3.05) is 5.32 Å². The molecule has 0 unspecified atom stereocenters. The lowest BCUT2D eigenvalue weighted by Gasteiger charge is -2.37. The molecule has 0 bridgehead atoms. The zero-order valence-corrected chi connectivity index (χ0v) is 13.3. The minimum absolute atomic E-state index is 0.0843. The summed E-state index contributed by atoms with van der Waals surface area (Å²) in [6, 6.07) is 9.54. The summed E-state index contributed by atoms with van der Waals surface area (Å²) < 4.78 is 13.6. The fourth-order valence-electron chi connectivity index (χ4n) is 3.76. The first kappa shape index (κ1) is 15.1. The molecule has 6 heteroatoms. The standard InChI is InChI=1S/C18H14ClFN2O2/c19-15-6-4-10(8-17(15)22(23)24)18-13-3-1-2-12(13)14-9-11(20)5-7-16(14)21-18/h1-2,4-9,12-13,18,21H,3H2/t12-,13+,18+/m1/s1. The van der Waals surface area contributed by atoms with Crippen LogP contribution in [-0.4, -0.2) is 4.92 Å². The summed E-state index contributed by atoms with van der Waals surface area (Å²) in [6.45, 7) is 0. The molecule has 2 aliphatic rings. The monoisotopic (exact) mass is 344 g/mol. The Kier molecular flexibility index (Phi) is 3.53. The van der Waals surface area contributed by atoms with Crippen LogP contribution in [0, 0.1) is 21.8 Å². The molecule has 0 saturated carbocycles. The highest BCUT2D eigenvalue weighted by molar-refractivity contribution is 6.32. The lowest BCUT2D eigenvalue weighted by atomic mass is 9.77. The number of hydrogen-bond acceptors (Lipinski definition) is 3. The van der Waals surface area contributed by atoms with Crippen LogP contribution in [0.5, 0.6) is 0 Å². The van der Waals surface area contributed by atoms with Crippen molar-refractivity contribution < 1.29 is 9.31 Å². The third-order valence-electron chi connectivity index (χ3n) is 4.85. The van der Waals surface area contributed by atoms with Crippen molar-refractivity contribution in [3.05, 3.63) is 80.6 Å². The molecule has 1 aliphatic carbocycles. The summed E-state index contributed by atoms with van der Waals surface area (Å²) >= 11 is 5.92. The number of nitro benzene ring substituents is 1. The fraction of sp³-hybridized carbons (Fsp3) is 0.222. The third-order valence-corrected chi connectivity index (χ3v) is 5.17. The Morgan fingerprint density at radius 3 is 2.88 bits per heavy atom. The van der Waals surface area contributed by atoms with Gasteiger partial charge < -0.3 is 5.32 Å². The first-order valence-electron chi connectivity index (χ1n) is 7.71. The van der Waals surface area contributed by atoms with E-state index in [9.17, 15) is 14.5 Å². The Labute approximate surface area is 143 Å². The SMILES string of the molecule is O=[N+]([O-])c1cc([C@@H]2Nc3ccc(F)cc3[C@@H]3C=CC[C@@H]32)ccc1Cl. The lowest BCUT2D eigenvalue weighted by Crippen LogP contribution is -2.29. The van der Waals surface area contributed by atoms with Crippen LogP contribution in [0.2, 0.25) is 5.02 Å². The number of allylic oxidation sites excluding steroid dienone is 2. The largest absolute Gasteiger partial charge is 0.378 e. The highest BCUT2D eigenvalue weighted by atomic mass is 35.5. The van der Waals surface area contributed by atoms with Gasteiger partial charge in [-0.25, -0.2) is 4.39 Å². The van der Waals surface area contributed by atoms with E-state index < -0.39 is 4.92 Å². The molecule has 3 atom stereocenters. The van der Waals surface area contributed by atoms with Gasteiger partial charge in [0.2, 0.25) is 0 Å². The van der Waals surface area contributed by atoms with Gasteiger partial charge in [0, 0.05) is 17.7 Å². The van der Waals surface area contributed by atoms with Gasteiger partial charge in [-0.2, -0.15) is 0 Å². The van der Waals surface area contributed by atoms with Gasteiger partial charge in [0.15, 0.2) is 0 Å².